The van der Waals surface area contributed by atoms with Gasteiger partial charge in [0.25, 0.3) is 5.97 Å². The first kappa shape index (κ1) is 12.7. The average Bonchev–Trinajstić information content (AvgIpc) is 2.43. The molecule has 0 amide bonds. The highest BCUT2D eigenvalue weighted by Crippen LogP contribution is 2.34. The largest absolute Gasteiger partial charge is 0.481 e. The van der Waals surface area contributed by atoms with E-state index in [-0.39, 0.29) is 6.04 Å². The summed E-state index contributed by atoms with van der Waals surface area (Å²) in [6, 6.07) is 6.88. The van der Waals surface area contributed by atoms with Crippen LogP contribution in [0.5, 0.6) is 0 Å². The average molecular weight is 221 g/mol. The summed E-state index contributed by atoms with van der Waals surface area (Å²) in [5.41, 5.74) is 10.2. The fourth-order valence-electron chi connectivity index (χ4n) is 1.99. The Morgan fingerprint density at radius 3 is 2.62 bits per heavy atom. The van der Waals surface area contributed by atoms with Crippen LogP contribution in [0.1, 0.15) is 36.6 Å². The van der Waals surface area contributed by atoms with Crippen molar-refractivity contribution in [3.8, 4) is 0 Å². The van der Waals surface area contributed by atoms with E-state index in [0.29, 0.717) is 5.92 Å². The van der Waals surface area contributed by atoms with Gasteiger partial charge in [-0.25, -0.2) is 0 Å². The summed E-state index contributed by atoms with van der Waals surface area (Å²) < 4.78 is 0. The van der Waals surface area contributed by atoms with Crippen molar-refractivity contribution in [1.29, 1.82) is 0 Å². The monoisotopic (exact) mass is 221 g/mol. The number of hydrogen-bond donors (Lipinski definition) is 2. The summed E-state index contributed by atoms with van der Waals surface area (Å²) >= 11 is 0. The molecule has 0 aromatic heterocycles. The fourth-order valence-corrected chi connectivity index (χ4v) is 1.99. The topological polar surface area (TPSA) is 63.3 Å². The first-order valence-electron chi connectivity index (χ1n) is 5.46. The zero-order valence-corrected chi connectivity index (χ0v) is 10.0. The van der Waals surface area contributed by atoms with Gasteiger partial charge < -0.3 is 10.8 Å². The fraction of sp³-hybridized carbons (Fsp3) is 0.462. The Morgan fingerprint density at radius 1 is 1.50 bits per heavy atom. The number of aliphatic carboxylic acids is 1. The van der Waals surface area contributed by atoms with Crippen molar-refractivity contribution in [1.82, 2.24) is 0 Å². The molecule has 0 radical (unpaired) electrons. The van der Waals surface area contributed by atoms with Crippen molar-refractivity contribution in [2.75, 3.05) is 0 Å². The van der Waals surface area contributed by atoms with E-state index in [1.165, 1.54) is 16.7 Å². The number of fused-ring (bicyclic) bond motifs is 1. The van der Waals surface area contributed by atoms with Crippen LogP contribution < -0.4 is 5.73 Å². The standard InChI is InChI=1S/C11H15N.C2H4O2/c1-7-3-4-9-6-8(2)11(12)10(9)5-7;1-2(3)4/h3-5,8,11H,6,12H2,1-2H3;1H3,(H,3,4)/t8-,11+;/m1./s1. The van der Waals surface area contributed by atoms with Crippen LogP contribution in [0, 0.1) is 12.8 Å². The van der Waals surface area contributed by atoms with Gasteiger partial charge in [-0.15, -0.1) is 0 Å². The van der Waals surface area contributed by atoms with Gasteiger partial charge in [0.2, 0.25) is 0 Å². The van der Waals surface area contributed by atoms with Crippen molar-refractivity contribution in [3.05, 3.63) is 34.9 Å². The van der Waals surface area contributed by atoms with Crippen LogP contribution >= 0.6 is 0 Å². The highest BCUT2D eigenvalue weighted by atomic mass is 16.4. The Morgan fingerprint density at radius 2 is 2.06 bits per heavy atom. The molecule has 3 N–H and O–H groups in total. The Hall–Kier alpha value is -1.35. The Kier molecular flexibility index (Phi) is 4.07. The molecule has 0 aliphatic heterocycles. The van der Waals surface area contributed by atoms with Gasteiger partial charge in [0.1, 0.15) is 0 Å². The van der Waals surface area contributed by atoms with E-state index in [1.54, 1.807) is 0 Å². The number of hydrogen-bond acceptors (Lipinski definition) is 2. The summed E-state index contributed by atoms with van der Waals surface area (Å²) in [4.78, 5) is 9.00. The van der Waals surface area contributed by atoms with E-state index in [0.717, 1.165) is 13.3 Å². The molecular formula is C13H19NO2. The second-order valence-corrected chi connectivity index (χ2v) is 4.43. The second kappa shape index (κ2) is 5.12. The molecular weight excluding hydrogens is 202 g/mol. The van der Waals surface area contributed by atoms with Crippen molar-refractivity contribution in [3.63, 3.8) is 0 Å². The first-order chi connectivity index (χ1) is 7.41. The van der Waals surface area contributed by atoms with Gasteiger partial charge in [-0.05, 0) is 30.4 Å². The molecule has 0 spiro atoms. The van der Waals surface area contributed by atoms with Gasteiger partial charge in [-0.2, -0.15) is 0 Å². The molecule has 88 valence electrons. The second-order valence-electron chi connectivity index (χ2n) is 4.43. The number of carbonyl (C=O) groups is 1. The molecule has 0 fully saturated rings. The highest BCUT2D eigenvalue weighted by Gasteiger charge is 2.25. The predicted octanol–water partition coefficient (Wildman–Crippen LogP) is 2.28. The number of benzene rings is 1. The SMILES string of the molecule is CC(=O)O.Cc1ccc2c(c1)[C@@H](N)[C@H](C)C2. The van der Waals surface area contributed by atoms with E-state index in [9.17, 15) is 0 Å². The van der Waals surface area contributed by atoms with Crippen molar-refractivity contribution < 1.29 is 9.90 Å². The van der Waals surface area contributed by atoms with Gasteiger partial charge in [0, 0.05) is 13.0 Å². The minimum Gasteiger partial charge on any atom is -0.481 e. The van der Waals surface area contributed by atoms with Gasteiger partial charge in [-0.3, -0.25) is 4.79 Å². The minimum atomic E-state index is -0.833. The van der Waals surface area contributed by atoms with E-state index < -0.39 is 5.97 Å². The summed E-state index contributed by atoms with van der Waals surface area (Å²) in [5, 5.41) is 7.42. The van der Waals surface area contributed by atoms with Gasteiger partial charge in [-0.1, -0.05) is 30.7 Å². The zero-order valence-electron chi connectivity index (χ0n) is 10.0. The van der Waals surface area contributed by atoms with E-state index in [2.05, 4.69) is 32.0 Å². The lowest BCUT2D eigenvalue weighted by atomic mass is 10.0. The van der Waals surface area contributed by atoms with Crippen LogP contribution in [0.2, 0.25) is 0 Å². The molecule has 0 saturated heterocycles. The molecule has 0 saturated carbocycles. The molecule has 3 nitrogen and oxygen atoms in total. The molecule has 0 unspecified atom stereocenters. The third kappa shape index (κ3) is 3.07. The third-order valence-electron chi connectivity index (χ3n) is 2.82. The molecule has 16 heavy (non-hydrogen) atoms. The third-order valence-corrected chi connectivity index (χ3v) is 2.82. The minimum absolute atomic E-state index is 0.264. The molecule has 0 heterocycles. The van der Waals surface area contributed by atoms with Crippen LogP contribution in [-0.4, -0.2) is 11.1 Å². The maximum Gasteiger partial charge on any atom is 0.300 e. The van der Waals surface area contributed by atoms with Crippen molar-refractivity contribution >= 4 is 5.97 Å². The van der Waals surface area contributed by atoms with Crippen LogP contribution in [0.3, 0.4) is 0 Å². The summed E-state index contributed by atoms with van der Waals surface area (Å²) in [7, 11) is 0. The van der Waals surface area contributed by atoms with Crippen LogP contribution in [0.15, 0.2) is 18.2 Å². The molecule has 2 atom stereocenters. The molecule has 3 heteroatoms. The van der Waals surface area contributed by atoms with Crippen molar-refractivity contribution in [2.45, 2.75) is 33.2 Å². The lowest BCUT2D eigenvalue weighted by Gasteiger charge is -2.09. The van der Waals surface area contributed by atoms with E-state index in [4.69, 9.17) is 15.6 Å². The normalized spacial score (nSPS) is 22.0. The molecule has 1 aliphatic carbocycles. The van der Waals surface area contributed by atoms with E-state index in [1.807, 2.05) is 0 Å². The molecule has 1 aromatic carbocycles. The molecule has 1 aliphatic rings. The van der Waals surface area contributed by atoms with Gasteiger partial charge >= 0.3 is 0 Å². The smallest absolute Gasteiger partial charge is 0.300 e. The number of rotatable bonds is 0. The van der Waals surface area contributed by atoms with Crippen LogP contribution in [0.25, 0.3) is 0 Å². The van der Waals surface area contributed by atoms with Gasteiger partial charge in [0.15, 0.2) is 0 Å². The molecule has 0 bridgehead atoms. The number of carboxylic acid groups (broad SMARTS) is 1. The Labute approximate surface area is 96.3 Å². The van der Waals surface area contributed by atoms with Crippen molar-refractivity contribution in [2.24, 2.45) is 11.7 Å². The number of nitrogens with two attached hydrogens (primary N) is 1. The summed E-state index contributed by atoms with van der Waals surface area (Å²) in [6.45, 7) is 5.43. The van der Waals surface area contributed by atoms with Crippen LogP contribution in [-0.2, 0) is 11.2 Å². The zero-order chi connectivity index (χ0) is 12.3. The van der Waals surface area contributed by atoms with Crippen LogP contribution in [0.4, 0.5) is 0 Å². The molecule has 2 rings (SSSR count). The predicted molar refractivity (Wildman–Crippen MR) is 64.3 cm³/mol. The quantitative estimate of drug-likeness (QED) is 0.706. The lowest BCUT2D eigenvalue weighted by Crippen LogP contribution is -2.13. The van der Waals surface area contributed by atoms with Gasteiger partial charge in [0.05, 0.1) is 0 Å². The maximum absolute atomic E-state index is 9.00. The Balaban J connectivity index is 0.000000280. The number of aryl methyl sites for hydroxylation is 1. The molecule has 1 aromatic rings. The van der Waals surface area contributed by atoms with E-state index >= 15 is 0 Å². The summed E-state index contributed by atoms with van der Waals surface area (Å²) in [5.74, 6) is -0.221. The lowest BCUT2D eigenvalue weighted by molar-refractivity contribution is -0.134. The maximum atomic E-state index is 9.00. The summed E-state index contributed by atoms with van der Waals surface area (Å²) in [6.07, 6.45) is 1.15. The Bertz CT molecular complexity index is 384. The highest BCUT2D eigenvalue weighted by molar-refractivity contribution is 5.62. The first-order valence-corrected chi connectivity index (χ1v) is 5.46. The number of carboxylic acids is 1.